The molecule has 0 amide bonds. The summed E-state index contributed by atoms with van der Waals surface area (Å²) in [6.07, 6.45) is 6.43. The van der Waals surface area contributed by atoms with E-state index >= 15 is 0 Å². The summed E-state index contributed by atoms with van der Waals surface area (Å²) >= 11 is 6.05. The van der Waals surface area contributed by atoms with Crippen molar-refractivity contribution in [1.82, 2.24) is 19.7 Å². The molecule has 1 aliphatic rings. The maximum Gasteiger partial charge on any atom is 0.154 e. The number of nitrogens with zero attached hydrogens (tertiary/aromatic N) is 3. The van der Waals surface area contributed by atoms with Crippen LogP contribution in [0.25, 0.3) is 5.52 Å². The zero-order valence-corrected chi connectivity index (χ0v) is 10.9. The molecular formula is C12H15ClN4O. The zero-order chi connectivity index (χ0) is 12.5. The molecule has 1 aliphatic heterocycles. The molecule has 2 aromatic heterocycles. The van der Waals surface area contributed by atoms with Crippen LogP contribution in [0.15, 0.2) is 18.6 Å². The van der Waals surface area contributed by atoms with Crippen LogP contribution in [0, 0.1) is 0 Å². The van der Waals surface area contributed by atoms with Gasteiger partial charge in [0.15, 0.2) is 5.15 Å². The second-order valence-electron chi connectivity index (χ2n) is 4.58. The standard InChI is InChI=1S/C12H15ClN4O/c1-18-7-9-4-8(5-15-9)12-16-6-10-11(13)14-2-3-17(10)12/h2-3,6,8-9,15H,4-5,7H2,1H3/t8?,9-/m1/s1. The number of rotatable bonds is 3. The monoisotopic (exact) mass is 266 g/mol. The minimum atomic E-state index is 0.395. The summed E-state index contributed by atoms with van der Waals surface area (Å²) < 4.78 is 7.20. The maximum atomic E-state index is 6.05. The third-order valence-electron chi connectivity index (χ3n) is 3.40. The van der Waals surface area contributed by atoms with Crippen LogP contribution in [-0.4, -0.2) is 40.7 Å². The van der Waals surface area contributed by atoms with Crippen LogP contribution in [0.2, 0.25) is 5.15 Å². The molecule has 96 valence electrons. The number of aromatic nitrogens is 3. The Morgan fingerprint density at radius 1 is 1.56 bits per heavy atom. The molecule has 3 heterocycles. The van der Waals surface area contributed by atoms with Gasteiger partial charge < -0.3 is 10.1 Å². The zero-order valence-electron chi connectivity index (χ0n) is 10.1. The first-order chi connectivity index (χ1) is 8.79. The van der Waals surface area contributed by atoms with Crippen molar-refractivity contribution in [3.05, 3.63) is 29.6 Å². The predicted molar refractivity (Wildman–Crippen MR) is 69.0 cm³/mol. The predicted octanol–water partition coefficient (Wildman–Crippen LogP) is 1.47. The fraction of sp³-hybridized carbons (Fsp3) is 0.500. The van der Waals surface area contributed by atoms with Gasteiger partial charge in [0.05, 0.1) is 12.8 Å². The first kappa shape index (κ1) is 11.9. The highest BCUT2D eigenvalue weighted by Crippen LogP contribution is 2.26. The highest BCUT2D eigenvalue weighted by atomic mass is 35.5. The highest BCUT2D eigenvalue weighted by molar-refractivity contribution is 6.32. The van der Waals surface area contributed by atoms with E-state index in [-0.39, 0.29) is 0 Å². The van der Waals surface area contributed by atoms with Gasteiger partial charge in [0, 0.05) is 38.0 Å². The van der Waals surface area contributed by atoms with Gasteiger partial charge >= 0.3 is 0 Å². The van der Waals surface area contributed by atoms with Crippen molar-refractivity contribution in [2.75, 3.05) is 20.3 Å². The Bertz CT molecular complexity index is 556. The van der Waals surface area contributed by atoms with Gasteiger partial charge in [-0.05, 0) is 6.42 Å². The molecule has 6 heteroatoms. The SMILES string of the molecule is COC[C@H]1CC(c2ncc3c(Cl)nccn23)CN1. The van der Waals surface area contributed by atoms with E-state index in [2.05, 4.69) is 15.3 Å². The Kier molecular flexibility index (Phi) is 3.20. The summed E-state index contributed by atoms with van der Waals surface area (Å²) in [6, 6.07) is 0.407. The smallest absolute Gasteiger partial charge is 0.154 e. The van der Waals surface area contributed by atoms with E-state index in [0.29, 0.717) is 17.1 Å². The number of halogens is 1. The third-order valence-corrected chi connectivity index (χ3v) is 3.69. The minimum Gasteiger partial charge on any atom is -0.383 e. The Hall–Kier alpha value is -1.17. The molecule has 1 N–H and O–H groups in total. The lowest BCUT2D eigenvalue weighted by atomic mass is 10.1. The number of hydrogen-bond donors (Lipinski definition) is 1. The molecule has 18 heavy (non-hydrogen) atoms. The molecule has 0 aliphatic carbocycles. The van der Waals surface area contributed by atoms with E-state index in [1.165, 1.54) is 0 Å². The van der Waals surface area contributed by atoms with E-state index in [4.69, 9.17) is 16.3 Å². The Labute approximate surface area is 110 Å². The minimum absolute atomic E-state index is 0.395. The molecule has 2 aromatic rings. The van der Waals surface area contributed by atoms with E-state index in [9.17, 15) is 0 Å². The van der Waals surface area contributed by atoms with Gasteiger partial charge in [-0.3, -0.25) is 4.40 Å². The van der Waals surface area contributed by atoms with Crippen LogP contribution >= 0.6 is 11.6 Å². The first-order valence-electron chi connectivity index (χ1n) is 5.99. The number of ether oxygens (including phenoxy) is 1. The third kappa shape index (κ3) is 1.98. The molecule has 1 fully saturated rings. The fourth-order valence-electron chi connectivity index (χ4n) is 2.56. The van der Waals surface area contributed by atoms with E-state index in [0.717, 1.165) is 30.9 Å². The average molecular weight is 267 g/mol. The van der Waals surface area contributed by atoms with Gasteiger partial charge in [0.1, 0.15) is 11.3 Å². The van der Waals surface area contributed by atoms with Crippen molar-refractivity contribution < 1.29 is 4.74 Å². The lowest BCUT2D eigenvalue weighted by Gasteiger charge is -2.09. The summed E-state index contributed by atoms with van der Waals surface area (Å²) in [7, 11) is 1.73. The van der Waals surface area contributed by atoms with Gasteiger partial charge in [-0.2, -0.15) is 0 Å². The largest absolute Gasteiger partial charge is 0.383 e. The van der Waals surface area contributed by atoms with Crippen molar-refractivity contribution in [3.8, 4) is 0 Å². The number of hydrogen-bond acceptors (Lipinski definition) is 4. The van der Waals surface area contributed by atoms with Gasteiger partial charge in [0.2, 0.25) is 0 Å². The summed E-state index contributed by atoms with van der Waals surface area (Å²) in [4.78, 5) is 8.55. The molecule has 0 radical (unpaired) electrons. The molecule has 5 nitrogen and oxygen atoms in total. The maximum absolute atomic E-state index is 6.05. The lowest BCUT2D eigenvalue weighted by molar-refractivity contribution is 0.173. The van der Waals surface area contributed by atoms with Crippen molar-refractivity contribution >= 4 is 17.1 Å². The number of fused-ring (bicyclic) bond motifs is 1. The van der Waals surface area contributed by atoms with E-state index < -0.39 is 0 Å². The van der Waals surface area contributed by atoms with Crippen LogP contribution in [0.1, 0.15) is 18.2 Å². The molecule has 0 saturated carbocycles. The second kappa shape index (κ2) is 4.84. The molecular weight excluding hydrogens is 252 g/mol. The van der Waals surface area contributed by atoms with Crippen LogP contribution in [0.5, 0.6) is 0 Å². The quantitative estimate of drug-likeness (QED) is 0.914. The number of methoxy groups -OCH3 is 1. The molecule has 0 spiro atoms. The lowest BCUT2D eigenvalue weighted by Crippen LogP contribution is -2.25. The van der Waals surface area contributed by atoms with Crippen molar-refractivity contribution in [2.45, 2.75) is 18.4 Å². The highest BCUT2D eigenvalue weighted by Gasteiger charge is 2.28. The molecule has 1 saturated heterocycles. The molecule has 0 bridgehead atoms. The van der Waals surface area contributed by atoms with Crippen LogP contribution in [-0.2, 0) is 4.74 Å². The van der Waals surface area contributed by atoms with Gasteiger partial charge in [-0.1, -0.05) is 11.6 Å². The summed E-state index contributed by atoms with van der Waals surface area (Å²) in [5.41, 5.74) is 0.865. The molecule has 1 unspecified atom stereocenters. The van der Waals surface area contributed by atoms with Gasteiger partial charge in [-0.15, -0.1) is 0 Å². The summed E-state index contributed by atoms with van der Waals surface area (Å²) in [5.74, 6) is 1.44. The topological polar surface area (TPSA) is 51.5 Å². The Morgan fingerprint density at radius 2 is 2.44 bits per heavy atom. The Morgan fingerprint density at radius 3 is 3.28 bits per heavy atom. The van der Waals surface area contributed by atoms with Crippen molar-refractivity contribution in [3.63, 3.8) is 0 Å². The first-order valence-corrected chi connectivity index (χ1v) is 6.37. The normalized spacial score (nSPS) is 23.9. The van der Waals surface area contributed by atoms with E-state index in [1.807, 2.05) is 10.6 Å². The van der Waals surface area contributed by atoms with E-state index in [1.54, 1.807) is 19.5 Å². The molecule has 2 atom stereocenters. The van der Waals surface area contributed by atoms with Crippen LogP contribution in [0.3, 0.4) is 0 Å². The fourth-order valence-corrected chi connectivity index (χ4v) is 2.76. The van der Waals surface area contributed by atoms with Crippen LogP contribution < -0.4 is 5.32 Å². The number of nitrogens with one attached hydrogen (secondary N) is 1. The summed E-state index contributed by atoms with van der Waals surface area (Å²) in [6.45, 7) is 1.66. The van der Waals surface area contributed by atoms with Crippen molar-refractivity contribution in [2.24, 2.45) is 0 Å². The van der Waals surface area contributed by atoms with Gasteiger partial charge in [-0.25, -0.2) is 9.97 Å². The van der Waals surface area contributed by atoms with Crippen molar-refractivity contribution in [1.29, 1.82) is 0 Å². The molecule has 3 rings (SSSR count). The Balaban J connectivity index is 1.89. The average Bonchev–Trinajstić information content (AvgIpc) is 2.96. The molecule has 0 aromatic carbocycles. The second-order valence-corrected chi connectivity index (χ2v) is 4.94. The van der Waals surface area contributed by atoms with Crippen LogP contribution in [0.4, 0.5) is 0 Å². The van der Waals surface area contributed by atoms with Gasteiger partial charge in [0.25, 0.3) is 0 Å². The summed E-state index contributed by atoms with van der Waals surface area (Å²) in [5, 5.41) is 3.94. The number of imidazole rings is 1.